The molecule has 0 spiro atoms. The summed E-state index contributed by atoms with van der Waals surface area (Å²) < 4.78 is 13.6. The Kier molecular flexibility index (Phi) is 4.34. The van der Waals surface area contributed by atoms with Crippen LogP contribution >= 0.6 is 11.8 Å². The molecule has 2 nitrogen and oxygen atoms in total. The van der Waals surface area contributed by atoms with Crippen molar-refractivity contribution in [1.29, 1.82) is 0 Å². The van der Waals surface area contributed by atoms with E-state index in [2.05, 4.69) is 12.1 Å². The molecule has 2 aliphatic rings. The first-order chi connectivity index (χ1) is 10.1. The van der Waals surface area contributed by atoms with Crippen LogP contribution in [0.15, 0.2) is 41.4 Å². The third kappa shape index (κ3) is 3.15. The van der Waals surface area contributed by atoms with Crippen molar-refractivity contribution in [2.75, 3.05) is 7.05 Å². The number of fused-ring (bicyclic) bond motifs is 1. The highest BCUT2D eigenvalue weighted by atomic mass is 32.2. The van der Waals surface area contributed by atoms with Gasteiger partial charge in [-0.2, -0.15) is 0 Å². The topological polar surface area (TPSA) is 20.3 Å². The van der Waals surface area contributed by atoms with Gasteiger partial charge in [-0.15, -0.1) is 11.8 Å². The number of hydrogen-bond acceptors (Lipinski definition) is 3. The van der Waals surface area contributed by atoms with Crippen molar-refractivity contribution in [1.82, 2.24) is 4.90 Å². The van der Waals surface area contributed by atoms with Gasteiger partial charge in [0.1, 0.15) is 6.17 Å². The molecule has 1 aliphatic heterocycles. The van der Waals surface area contributed by atoms with E-state index < -0.39 is 6.17 Å². The summed E-state index contributed by atoms with van der Waals surface area (Å²) in [5, 5.41) is 2.25. The second kappa shape index (κ2) is 6.22. The number of benzene rings is 1. The molecule has 1 saturated carbocycles. The minimum absolute atomic E-state index is 0.125. The zero-order chi connectivity index (χ0) is 14.8. The van der Waals surface area contributed by atoms with Crippen LogP contribution in [0.1, 0.15) is 24.8 Å². The van der Waals surface area contributed by atoms with Crippen LogP contribution < -0.4 is 0 Å². The fourth-order valence-electron chi connectivity index (χ4n) is 3.15. The Labute approximate surface area is 129 Å². The number of hydrogen-bond donors (Lipinski definition) is 0. The SMILES string of the molecule is CN(Cc1ccccc1)C1=CSC2CCC(F)CC2C1=O. The van der Waals surface area contributed by atoms with Crippen molar-refractivity contribution >= 4 is 17.5 Å². The molecule has 21 heavy (non-hydrogen) atoms. The van der Waals surface area contributed by atoms with Crippen molar-refractivity contribution in [3.05, 3.63) is 47.0 Å². The van der Waals surface area contributed by atoms with Gasteiger partial charge in [-0.3, -0.25) is 4.79 Å². The Morgan fingerprint density at radius 1 is 1.29 bits per heavy atom. The van der Waals surface area contributed by atoms with Crippen LogP contribution in [0, 0.1) is 5.92 Å². The third-order valence-electron chi connectivity index (χ3n) is 4.34. The molecule has 0 saturated heterocycles. The van der Waals surface area contributed by atoms with Gasteiger partial charge >= 0.3 is 0 Å². The predicted octanol–water partition coefficient (Wildman–Crippen LogP) is 3.78. The summed E-state index contributed by atoms with van der Waals surface area (Å²) in [5.41, 5.74) is 1.91. The van der Waals surface area contributed by atoms with Crippen LogP contribution in [0.2, 0.25) is 0 Å². The Morgan fingerprint density at radius 3 is 2.81 bits per heavy atom. The van der Waals surface area contributed by atoms with E-state index in [1.807, 2.05) is 35.6 Å². The van der Waals surface area contributed by atoms with Gasteiger partial charge in [0.25, 0.3) is 0 Å². The maximum absolute atomic E-state index is 13.6. The summed E-state index contributed by atoms with van der Waals surface area (Å²) in [5.74, 6) is -0.0171. The molecule has 0 N–H and O–H groups in total. The third-order valence-corrected chi connectivity index (χ3v) is 5.61. The number of nitrogens with zero attached hydrogens (tertiary/aromatic N) is 1. The van der Waals surface area contributed by atoms with E-state index in [0.29, 0.717) is 19.4 Å². The zero-order valence-electron chi connectivity index (χ0n) is 12.2. The van der Waals surface area contributed by atoms with E-state index >= 15 is 0 Å². The molecular weight excluding hydrogens is 285 g/mol. The normalized spacial score (nSPS) is 28.8. The Hall–Kier alpha value is -1.29. The molecule has 1 fully saturated rings. The van der Waals surface area contributed by atoms with Crippen molar-refractivity contribution in [3.8, 4) is 0 Å². The maximum atomic E-state index is 13.6. The lowest BCUT2D eigenvalue weighted by Crippen LogP contribution is -2.39. The molecule has 0 aromatic heterocycles. The second-order valence-electron chi connectivity index (χ2n) is 5.90. The van der Waals surface area contributed by atoms with Crippen LogP contribution in [0.5, 0.6) is 0 Å². The van der Waals surface area contributed by atoms with Crippen molar-refractivity contribution in [2.45, 2.75) is 37.2 Å². The van der Waals surface area contributed by atoms with Crippen LogP contribution in [-0.2, 0) is 11.3 Å². The van der Waals surface area contributed by atoms with Gasteiger partial charge in [0.05, 0.1) is 5.70 Å². The molecule has 1 aromatic carbocycles. The monoisotopic (exact) mass is 305 g/mol. The van der Waals surface area contributed by atoms with E-state index in [1.165, 1.54) is 5.56 Å². The Balaban J connectivity index is 1.73. The number of allylic oxidation sites excluding steroid dienone is 1. The maximum Gasteiger partial charge on any atom is 0.183 e. The lowest BCUT2D eigenvalue weighted by Gasteiger charge is -2.37. The summed E-state index contributed by atoms with van der Waals surface area (Å²) in [6.45, 7) is 0.704. The molecule has 4 heteroatoms. The first kappa shape index (κ1) is 14.6. The molecule has 112 valence electrons. The highest BCUT2D eigenvalue weighted by molar-refractivity contribution is 8.02. The van der Waals surface area contributed by atoms with E-state index in [9.17, 15) is 9.18 Å². The summed E-state index contributed by atoms with van der Waals surface area (Å²) in [6, 6.07) is 10.1. The number of alkyl halides is 1. The van der Waals surface area contributed by atoms with Gasteiger partial charge in [-0.05, 0) is 30.2 Å². The van der Waals surface area contributed by atoms with Crippen molar-refractivity contribution < 1.29 is 9.18 Å². The Bertz CT molecular complexity index is 545. The molecule has 3 atom stereocenters. The van der Waals surface area contributed by atoms with E-state index in [4.69, 9.17) is 0 Å². The second-order valence-corrected chi connectivity index (χ2v) is 7.01. The number of carbonyl (C=O) groups excluding carboxylic acids is 1. The number of carbonyl (C=O) groups is 1. The summed E-state index contributed by atoms with van der Waals surface area (Å²) >= 11 is 1.71. The van der Waals surface area contributed by atoms with Crippen LogP contribution in [0.25, 0.3) is 0 Å². The molecule has 0 bridgehead atoms. The van der Waals surface area contributed by atoms with Crippen molar-refractivity contribution in [3.63, 3.8) is 0 Å². The smallest absolute Gasteiger partial charge is 0.183 e. The highest BCUT2D eigenvalue weighted by Crippen LogP contribution is 2.41. The van der Waals surface area contributed by atoms with Gasteiger partial charge in [0.15, 0.2) is 5.78 Å². The highest BCUT2D eigenvalue weighted by Gasteiger charge is 2.40. The molecule has 3 unspecified atom stereocenters. The molecule has 1 heterocycles. The number of likely N-dealkylation sites (N-methyl/N-ethyl adjacent to an activating group) is 1. The van der Waals surface area contributed by atoms with Crippen molar-refractivity contribution in [2.24, 2.45) is 5.92 Å². The van der Waals surface area contributed by atoms with E-state index in [0.717, 1.165) is 12.1 Å². The van der Waals surface area contributed by atoms with Crippen LogP contribution in [0.4, 0.5) is 4.39 Å². The fraction of sp³-hybridized carbons (Fsp3) is 0.471. The molecule has 0 radical (unpaired) electrons. The summed E-state index contributed by atoms with van der Waals surface area (Å²) in [7, 11) is 1.94. The quantitative estimate of drug-likeness (QED) is 0.847. The van der Waals surface area contributed by atoms with Gasteiger partial charge in [-0.25, -0.2) is 4.39 Å². The predicted molar refractivity (Wildman–Crippen MR) is 84.6 cm³/mol. The average Bonchev–Trinajstić information content (AvgIpc) is 2.49. The molecule has 1 aromatic rings. The average molecular weight is 305 g/mol. The van der Waals surface area contributed by atoms with E-state index in [-0.39, 0.29) is 17.0 Å². The largest absolute Gasteiger partial charge is 0.367 e. The number of halogens is 1. The molecule has 1 aliphatic carbocycles. The number of thioether (sulfide) groups is 1. The summed E-state index contributed by atoms with van der Waals surface area (Å²) in [6.07, 6.45) is 1.00. The minimum atomic E-state index is -0.811. The molecule has 0 amide bonds. The minimum Gasteiger partial charge on any atom is -0.367 e. The van der Waals surface area contributed by atoms with Crippen LogP contribution in [0.3, 0.4) is 0 Å². The zero-order valence-corrected chi connectivity index (χ0v) is 13.0. The number of ketones is 1. The van der Waals surface area contributed by atoms with Gasteiger partial charge in [0.2, 0.25) is 0 Å². The Morgan fingerprint density at radius 2 is 2.05 bits per heavy atom. The lowest BCUT2D eigenvalue weighted by molar-refractivity contribution is -0.122. The number of rotatable bonds is 3. The fourth-order valence-corrected chi connectivity index (χ4v) is 4.45. The standard InChI is InChI=1S/C17H20FNOS/c1-19(10-12-5-3-2-4-6-12)15-11-21-16-8-7-13(18)9-14(16)17(15)20/h2-6,11,13-14,16H,7-10H2,1H3. The first-order valence-electron chi connectivity index (χ1n) is 7.44. The van der Waals surface area contributed by atoms with Gasteiger partial charge in [-0.1, -0.05) is 30.3 Å². The summed E-state index contributed by atoms with van der Waals surface area (Å²) in [4.78, 5) is 14.6. The van der Waals surface area contributed by atoms with Gasteiger partial charge in [0, 0.05) is 24.8 Å². The molecular formula is C17H20FNOS. The van der Waals surface area contributed by atoms with Crippen LogP contribution in [-0.4, -0.2) is 29.2 Å². The number of Topliss-reactive ketones (excluding diaryl/α,β-unsaturated/α-hetero) is 1. The van der Waals surface area contributed by atoms with Gasteiger partial charge < -0.3 is 4.90 Å². The van der Waals surface area contributed by atoms with E-state index in [1.54, 1.807) is 11.8 Å². The lowest BCUT2D eigenvalue weighted by atomic mass is 9.83. The molecule has 3 rings (SSSR count). The first-order valence-corrected chi connectivity index (χ1v) is 8.38.